The lowest BCUT2D eigenvalue weighted by atomic mass is 10.1. The van der Waals surface area contributed by atoms with Crippen molar-refractivity contribution in [1.82, 2.24) is 4.90 Å². The summed E-state index contributed by atoms with van der Waals surface area (Å²) >= 11 is 1.95. The molecule has 1 aliphatic heterocycles. The fraction of sp³-hybridized carbons (Fsp3) is 0.909. The number of nitrogens with two attached hydrogens (primary N) is 1. The van der Waals surface area contributed by atoms with E-state index in [1.807, 2.05) is 16.7 Å². The predicted octanol–water partition coefficient (Wildman–Crippen LogP) is 1.47. The third kappa shape index (κ3) is 3.68. The molecule has 1 amide bonds. The van der Waals surface area contributed by atoms with Crippen molar-refractivity contribution in [3.8, 4) is 0 Å². The van der Waals surface area contributed by atoms with Crippen LogP contribution in [0.15, 0.2) is 0 Å². The molecule has 0 aromatic heterocycles. The molecule has 2 unspecified atom stereocenters. The molecule has 88 valence electrons. The molecule has 0 aromatic rings. The highest BCUT2D eigenvalue weighted by Crippen LogP contribution is 2.25. The fourth-order valence-corrected chi connectivity index (χ4v) is 3.35. The SMILES string of the molecule is CCC[C@@H](N)C(=O)N1CC(C)SC(C)C1. The molecule has 1 fully saturated rings. The van der Waals surface area contributed by atoms with E-state index in [2.05, 4.69) is 20.8 Å². The van der Waals surface area contributed by atoms with Gasteiger partial charge >= 0.3 is 0 Å². The van der Waals surface area contributed by atoms with Gasteiger partial charge < -0.3 is 10.6 Å². The van der Waals surface area contributed by atoms with E-state index in [-0.39, 0.29) is 11.9 Å². The summed E-state index contributed by atoms with van der Waals surface area (Å²) in [5, 5.41) is 1.07. The second-order valence-electron chi connectivity index (χ2n) is 4.40. The van der Waals surface area contributed by atoms with E-state index in [9.17, 15) is 4.79 Å². The van der Waals surface area contributed by atoms with Crippen molar-refractivity contribution in [3.63, 3.8) is 0 Å². The van der Waals surface area contributed by atoms with Crippen LogP contribution >= 0.6 is 11.8 Å². The Morgan fingerprint density at radius 1 is 1.47 bits per heavy atom. The third-order valence-electron chi connectivity index (χ3n) is 2.65. The summed E-state index contributed by atoms with van der Waals surface area (Å²) in [6, 6.07) is -0.294. The summed E-state index contributed by atoms with van der Waals surface area (Å²) in [6.45, 7) is 8.11. The van der Waals surface area contributed by atoms with Crippen LogP contribution in [0.2, 0.25) is 0 Å². The highest BCUT2D eigenvalue weighted by atomic mass is 32.2. The van der Waals surface area contributed by atoms with Crippen LogP contribution in [0.5, 0.6) is 0 Å². The van der Waals surface area contributed by atoms with Crippen LogP contribution in [0.3, 0.4) is 0 Å². The molecule has 0 bridgehead atoms. The number of amides is 1. The van der Waals surface area contributed by atoms with Crippen LogP contribution in [0, 0.1) is 0 Å². The van der Waals surface area contributed by atoms with Gasteiger partial charge in [-0.2, -0.15) is 11.8 Å². The van der Waals surface area contributed by atoms with E-state index in [1.165, 1.54) is 0 Å². The summed E-state index contributed by atoms with van der Waals surface area (Å²) in [5.74, 6) is 0.135. The first-order valence-electron chi connectivity index (χ1n) is 5.74. The van der Waals surface area contributed by atoms with Gasteiger partial charge in [0.05, 0.1) is 6.04 Å². The smallest absolute Gasteiger partial charge is 0.239 e. The number of rotatable bonds is 3. The maximum atomic E-state index is 12.0. The molecule has 1 aliphatic rings. The Hall–Kier alpha value is -0.220. The van der Waals surface area contributed by atoms with Crippen LogP contribution in [-0.2, 0) is 4.79 Å². The van der Waals surface area contributed by atoms with Crippen molar-refractivity contribution in [2.75, 3.05) is 13.1 Å². The Labute approximate surface area is 96.8 Å². The molecule has 0 aliphatic carbocycles. The Kier molecular flexibility index (Phi) is 4.93. The van der Waals surface area contributed by atoms with Gasteiger partial charge in [-0.15, -0.1) is 0 Å². The molecule has 1 rings (SSSR count). The fourth-order valence-electron chi connectivity index (χ4n) is 2.03. The van der Waals surface area contributed by atoms with E-state index in [1.54, 1.807) is 0 Å². The zero-order valence-corrected chi connectivity index (χ0v) is 10.7. The predicted molar refractivity (Wildman–Crippen MR) is 66.0 cm³/mol. The number of carbonyl (C=O) groups is 1. The zero-order valence-electron chi connectivity index (χ0n) is 9.90. The van der Waals surface area contributed by atoms with Crippen LogP contribution in [0.1, 0.15) is 33.6 Å². The topological polar surface area (TPSA) is 46.3 Å². The van der Waals surface area contributed by atoms with Gasteiger partial charge in [0.2, 0.25) is 5.91 Å². The highest BCUT2D eigenvalue weighted by molar-refractivity contribution is 8.00. The summed E-state index contributed by atoms with van der Waals surface area (Å²) < 4.78 is 0. The lowest BCUT2D eigenvalue weighted by molar-refractivity contribution is -0.132. The van der Waals surface area contributed by atoms with E-state index >= 15 is 0 Å². The molecule has 4 heteroatoms. The maximum absolute atomic E-state index is 12.0. The van der Waals surface area contributed by atoms with Gasteiger partial charge in [0.15, 0.2) is 0 Å². The van der Waals surface area contributed by atoms with E-state index in [0.29, 0.717) is 10.5 Å². The second kappa shape index (κ2) is 5.75. The van der Waals surface area contributed by atoms with Crippen LogP contribution < -0.4 is 5.73 Å². The molecular formula is C11H22N2OS. The van der Waals surface area contributed by atoms with E-state index < -0.39 is 0 Å². The highest BCUT2D eigenvalue weighted by Gasteiger charge is 2.28. The van der Waals surface area contributed by atoms with Gasteiger partial charge in [-0.3, -0.25) is 4.79 Å². The van der Waals surface area contributed by atoms with E-state index in [4.69, 9.17) is 5.73 Å². The average molecular weight is 230 g/mol. The number of nitrogens with zero attached hydrogens (tertiary/aromatic N) is 1. The zero-order chi connectivity index (χ0) is 11.4. The molecule has 2 N–H and O–H groups in total. The Bertz CT molecular complexity index is 213. The molecule has 15 heavy (non-hydrogen) atoms. The van der Waals surface area contributed by atoms with Gasteiger partial charge in [-0.1, -0.05) is 27.2 Å². The first-order chi connectivity index (χ1) is 7.04. The second-order valence-corrected chi connectivity index (χ2v) is 6.28. The van der Waals surface area contributed by atoms with E-state index in [0.717, 1.165) is 25.9 Å². The van der Waals surface area contributed by atoms with Gasteiger partial charge in [-0.05, 0) is 6.42 Å². The molecule has 0 radical (unpaired) electrons. The van der Waals surface area contributed by atoms with Crippen molar-refractivity contribution >= 4 is 17.7 Å². The molecular weight excluding hydrogens is 208 g/mol. The minimum Gasteiger partial charge on any atom is -0.339 e. The molecule has 3 nitrogen and oxygen atoms in total. The molecule has 0 aromatic carbocycles. The van der Waals surface area contributed by atoms with Crippen molar-refractivity contribution in [2.45, 2.75) is 50.2 Å². The number of thioether (sulfide) groups is 1. The third-order valence-corrected chi connectivity index (χ3v) is 3.88. The van der Waals surface area contributed by atoms with Crippen LogP contribution in [-0.4, -0.2) is 40.4 Å². The first-order valence-corrected chi connectivity index (χ1v) is 6.68. The van der Waals surface area contributed by atoms with Gasteiger partial charge in [0.1, 0.15) is 0 Å². The largest absolute Gasteiger partial charge is 0.339 e. The summed E-state index contributed by atoms with van der Waals surface area (Å²) in [4.78, 5) is 13.9. The number of hydrogen-bond acceptors (Lipinski definition) is 3. The number of carbonyl (C=O) groups excluding carboxylic acids is 1. The maximum Gasteiger partial charge on any atom is 0.239 e. The summed E-state index contributed by atoms with van der Waals surface area (Å²) in [7, 11) is 0. The lowest BCUT2D eigenvalue weighted by Gasteiger charge is -2.35. The lowest BCUT2D eigenvalue weighted by Crippen LogP contribution is -2.50. The van der Waals surface area contributed by atoms with Crippen LogP contribution in [0.25, 0.3) is 0 Å². The summed E-state index contributed by atoms with van der Waals surface area (Å²) in [5.41, 5.74) is 5.85. The van der Waals surface area contributed by atoms with Crippen LogP contribution in [0.4, 0.5) is 0 Å². The Morgan fingerprint density at radius 2 is 2.00 bits per heavy atom. The first kappa shape index (κ1) is 12.8. The quantitative estimate of drug-likeness (QED) is 0.798. The molecule has 1 heterocycles. The van der Waals surface area contributed by atoms with Gasteiger partial charge in [0, 0.05) is 23.6 Å². The normalized spacial score (nSPS) is 28.9. The molecule has 3 atom stereocenters. The van der Waals surface area contributed by atoms with Gasteiger partial charge in [0.25, 0.3) is 0 Å². The minimum atomic E-state index is -0.294. The minimum absolute atomic E-state index is 0.135. The van der Waals surface area contributed by atoms with Crippen molar-refractivity contribution in [1.29, 1.82) is 0 Å². The van der Waals surface area contributed by atoms with Gasteiger partial charge in [-0.25, -0.2) is 0 Å². The summed E-state index contributed by atoms with van der Waals surface area (Å²) in [6.07, 6.45) is 1.77. The van der Waals surface area contributed by atoms with Crippen molar-refractivity contribution in [3.05, 3.63) is 0 Å². The average Bonchev–Trinajstić information content (AvgIpc) is 2.15. The Morgan fingerprint density at radius 3 is 2.47 bits per heavy atom. The molecule has 0 spiro atoms. The van der Waals surface area contributed by atoms with Crippen molar-refractivity contribution in [2.24, 2.45) is 5.73 Å². The Balaban J connectivity index is 2.51. The molecule has 1 saturated heterocycles. The molecule has 0 saturated carbocycles. The number of hydrogen-bond donors (Lipinski definition) is 1. The van der Waals surface area contributed by atoms with Crippen molar-refractivity contribution < 1.29 is 4.79 Å². The monoisotopic (exact) mass is 230 g/mol. The standard InChI is InChI=1S/C11H22N2OS/c1-4-5-10(12)11(14)13-6-8(2)15-9(3)7-13/h8-10H,4-7,12H2,1-3H3/t8?,9?,10-/m1/s1.